The van der Waals surface area contributed by atoms with Crippen molar-refractivity contribution in [1.82, 2.24) is 9.38 Å². The van der Waals surface area contributed by atoms with E-state index in [0.29, 0.717) is 17.2 Å². The highest BCUT2D eigenvalue weighted by atomic mass is 16.5. The van der Waals surface area contributed by atoms with Gasteiger partial charge < -0.3 is 9.84 Å². The van der Waals surface area contributed by atoms with E-state index in [1.54, 1.807) is 47.9 Å². The van der Waals surface area contributed by atoms with Crippen molar-refractivity contribution < 1.29 is 19.4 Å². The lowest BCUT2D eigenvalue weighted by Gasteiger charge is -2.01. The van der Waals surface area contributed by atoms with Gasteiger partial charge in [0.15, 0.2) is 5.82 Å². The number of carbonyl (C=O) groups is 2. The number of hydrogen-bond acceptors (Lipinski definition) is 6. The van der Waals surface area contributed by atoms with Crippen molar-refractivity contribution in [2.45, 2.75) is 13.3 Å². The van der Waals surface area contributed by atoms with Crippen molar-refractivity contribution in [2.24, 2.45) is 10.2 Å². The molecule has 2 aromatic heterocycles. The summed E-state index contributed by atoms with van der Waals surface area (Å²) in [6, 6.07) is 11.7. The van der Waals surface area contributed by atoms with E-state index in [9.17, 15) is 14.7 Å². The van der Waals surface area contributed by atoms with E-state index in [-0.39, 0.29) is 24.3 Å². The number of carboxylic acid groups (broad SMARTS) is 1. The lowest BCUT2D eigenvalue weighted by Crippen LogP contribution is -2.07. The number of nitrogens with zero attached hydrogens (tertiary/aromatic N) is 4. The smallest absolute Gasteiger partial charge is 0.337 e. The summed E-state index contributed by atoms with van der Waals surface area (Å²) in [4.78, 5) is 27.5. The van der Waals surface area contributed by atoms with E-state index in [2.05, 4.69) is 15.2 Å². The SMILES string of the molecule is CCOC(=O)Cc1nc2ccccn2c1N=Nc1ccccc1C(=O)O. The maximum atomic E-state index is 11.8. The molecule has 0 saturated heterocycles. The zero-order valence-corrected chi connectivity index (χ0v) is 14.0. The fourth-order valence-electron chi connectivity index (χ4n) is 2.45. The van der Waals surface area contributed by atoms with Crippen LogP contribution >= 0.6 is 0 Å². The number of aromatic carboxylic acids is 1. The molecule has 0 fully saturated rings. The van der Waals surface area contributed by atoms with Crippen LogP contribution in [0.2, 0.25) is 0 Å². The first-order valence-electron chi connectivity index (χ1n) is 7.95. The lowest BCUT2D eigenvalue weighted by molar-refractivity contribution is -0.142. The molecule has 2 heterocycles. The second kappa shape index (κ2) is 7.56. The Balaban J connectivity index is 2.03. The number of imidazole rings is 1. The first-order valence-corrected chi connectivity index (χ1v) is 7.95. The lowest BCUT2D eigenvalue weighted by atomic mass is 10.2. The highest BCUT2D eigenvalue weighted by molar-refractivity contribution is 5.93. The summed E-state index contributed by atoms with van der Waals surface area (Å²) in [7, 11) is 0. The third-order valence-corrected chi connectivity index (χ3v) is 3.58. The Morgan fingerprint density at radius 2 is 1.92 bits per heavy atom. The first-order chi connectivity index (χ1) is 12.6. The number of carboxylic acids is 1. The van der Waals surface area contributed by atoms with E-state index < -0.39 is 11.9 Å². The molecule has 26 heavy (non-hydrogen) atoms. The number of carbonyl (C=O) groups excluding carboxylic acids is 1. The van der Waals surface area contributed by atoms with Gasteiger partial charge in [0, 0.05) is 6.20 Å². The van der Waals surface area contributed by atoms with Crippen LogP contribution in [0.3, 0.4) is 0 Å². The van der Waals surface area contributed by atoms with Crippen LogP contribution in [0.25, 0.3) is 5.65 Å². The molecule has 0 radical (unpaired) electrons. The quantitative estimate of drug-likeness (QED) is 0.539. The average molecular weight is 352 g/mol. The van der Waals surface area contributed by atoms with Gasteiger partial charge >= 0.3 is 11.9 Å². The third kappa shape index (κ3) is 3.59. The van der Waals surface area contributed by atoms with Gasteiger partial charge in [-0.1, -0.05) is 18.2 Å². The summed E-state index contributed by atoms with van der Waals surface area (Å²) in [5, 5.41) is 17.5. The number of rotatable bonds is 6. The number of ether oxygens (including phenoxy) is 1. The molecule has 0 aliphatic carbocycles. The number of azo groups is 1. The van der Waals surface area contributed by atoms with E-state index in [0.717, 1.165) is 0 Å². The summed E-state index contributed by atoms with van der Waals surface area (Å²) >= 11 is 0. The highest BCUT2D eigenvalue weighted by Gasteiger charge is 2.16. The highest BCUT2D eigenvalue weighted by Crippen LogP contribution is 2.26. The molecule has 0 atom stereocenters. The topological polar surface area (TPSA) is 106 Å². The molecule has 3 aromatic rings. The predicted octanol–water partition coefficient (Wildman–Crippen LogP) is 3.55. The van der Waals surface area contributed by atoms with Gasteiger partial charge in [0.05, 0.1) is 24.3 Å². The number of aromatic nitrogens is 2. The molecule has 0 amide bonds. The summed E-state index contributed by atoms with van der Waals surface area (Å²) in [5.74, 6) is -1.16. The standard InChI is InChI=1S/C18H16N4O4/c1-2-26-16(23)11-14-17(22-10-6-5-9-15(22)19-14)21-20-13-8-4-3-7-12(13)18(24)25/h3-10H,2,11H2,1H3,(H,24,25). The van der Waals surface area contributed by atoms with Gasteiger partial charge in [-0.2, -0.15) is 0 Å². The van der Waals surface area contributed by atoms with Gasteiger partial charge in [0.1, 0.15) is 11.3 Å². The minimum atomic E-state index is -1.09. The molecular formula is C18H16N4O4. The Labute approximate surface area is 148 Å². The molecule has 8 heteroatoms. The normalized spacial score (nSPS) is 11.1. The number of benzene rings is 1. The minimum absolute atomic E-state index is 0.0389. The molecule has 0 aliphatic rings. The Kier molecular flexibility index (Phi) is 5.02. The maximum Gasteiger partial charge on any atom is 0.337 e. The van der Waals surface area contributed by atoms with E-state index >= 15 is 0 Å². The van der Waals surface area contributed by atoms with Gasteiger partial charge in [-0.3, -0.25) is 9.20 Å². The van der Waals surface area contributed by atoms with E-state index in [4.69, 9.17) is 4.74 Å². The molecule has 0 aliphatic heterocycles. The molecule has 3 rings (SSSR count). The van der Waals surface area contributed by atoms with Crippen LogP contribution in [0.5, 0.6) is 0 Å². The van der Waals surface area contributed by atoms with Crippen molar-refractivity contribution >= 4 is 29.1 Å². The third-order valence-electron chi connectivity index (χ3n) is 3.58. The predicted molar refractivity (Wildman–Crippen MR) is 93.1 cm³/mol. The van der Waals surface area contributed by atoms with Gasteiger partial charge in [0.25, 0.3) is 0 Å². The Morgan fingerprint density at radius 1 is 1.15 bits per heavy atom. The largest absolute Gasteiger partial charge is 0.478 e. The summed E-state index contributed by atoms with van der Waals surface area (Å²) < 4.78 is 6.65. The van der Waals surface area contributed by atoms with Crippen molar-refractivity contribution in [2.75, 3.05) is 6.61 Å². The number of hydrogen-bond donors (Lipinski definition) is 1. The molecule has 0 bridgehead atoms. The number of pyridine rings is 1. The van der Waals surface area contributed by atoms with Crippen LogP contribution in [0.4, 0.5) is 11.5 Å². The molecule has 0 spiro atoms. The van der Waals surface area contributed by atoms with Crippen LogP contribution < -0.4 is 0 Å². The van der Waals surface area contributed by atoms with Crippen LogP contribution in [-0.2, 0) is 16.0 Å². The van der Waals surface area contributed by atoms with Crippen molar-refractivity contribution in [1.29, 1.82) is 0 Å². The number of fused-ring (bicyclic) bond motifs is 1. The van der Waals surface area contributed by atoms with E-state index in [1.165, 1.54) is 6.07 Å². The molecule has 1 N–H and O–H groups in total. The van der Waals surface area contributed by atoms with Gasteiger partial charge in [-0.05, 0) is 31.2 Å². The van der Waals surface area contributed by atoms with Gasteiger partial charge in [0.2, 0.25) is 0 Å². The summed E-state index contributed by atoms with van der Waals surface area (Å²) in [6.07, 6.45) is 1.69. The number of esters is 1. The Morgan fingerprint density at radius 3 is 2.69 bits per heavy atom. The van der Waals surface area contributed by atoms with Crippen molar-refractivity contribution in [3.8, 4) is 0 Å². The fourth-order valence-corrected chi connectivity index (χ4v) is 2.45. The first kappa shape index (κ1) is 17.3. The second-order valence-corrected chi connectivity index (χ2v) is 5.32. The Bertz CT molecular complexity index is 994. The summed E-state index contributed by atoms with van der Waals surface area (Å²) in [6.45, 7) is 2.00. The van der Waals surface area contributed by atoms with Gasteiger partial charge in [-0.15, -0.1) is 10.2 Å². The molecule has 8 nitrogen and oxygen atoms in total. The maximum absolute atomic E-state index is 11.8. The summed E-state index contributed by atoms with van der Waals surface area (Å²) in [5.41, 5.74) is 1.27. The molecular weight excluding hydrogens is 336 g/mol. The van der Waals surface area contributed by atoms with E-state index in [1.807, 2.05) is 6.07 Å². The molecule has 1 aromatic carbocycles. The van der Waals surface area contributed by atoms with Gasteiger partial charge in [-0.25, -0.2) is 9.78 Å². The van der Waals surface area contributed by atoms with Crippen molar-refractivity contribution in [3.63, 3.8) is 0 Å². The van der Waals surface area contributed by atoms with Crippen molar-refractivity contribution in [3.05, 3.63) is 59.9 Å². The molecule has 0 unspecified atom stereocenters. The monoisotopic (exact) mass is 352 g/mol. The molecule has 132 valence electrons. The molecule has 0 saturated carbocycles. The van der Waals surface area contributed by atoms with Crippen LogP contribution in [0.15, 0.2) is 58.9 Å². The average Bonchev–Trinajstić information content (AvgIpc) is 2.97. The second-order valence-electron chi connectivity index (χ2n) is 5.32. The van der Waals surface area contributed by atoms with Crippen LogP contribution in [0, 0.1) is 0 Å². The fraction of sp³-hybridized carbons (Fsp3) is 0.167. The Hall–Kier alpha value is -3.55. The van der Waals surface area contributed by atoms with Crippen LogP contribution in [0.1, 0.15) is 23.0 Å². The zero-order chi connectivity index (χ0) is 18.5. The minimum Gasteiger partial charge on any atom is -0.478 e. The zero-order valence-electron chi connectivity index (χ0n) is 14.0. The van der Waals surface area contributed by atoms with Crippen LogP contribution in [-0.4, -0.2) is 33.0 Å².